The Balaban J connectivity index is 1.43. The van der Waals surface area contributed by atoms with Crippen molar-refractivity contribution in [3.8, 4) is 11.3 Å². The second-order valence-corrected chi connectivity index (χ2v) is 8.29. The smallest absolute Gasteiger partial charge is 0.229 e. The fraction of sp³-hybridized carbons (Fsp3) is 0.261. The quantitative estimate of drug-likeness (QED) is 0.602. The molecule has 29 heavy (non-hydrogen) atoms. The van der Waals surface area contributed by atoms with Gasteiger partial charge < -0.3 is 10.2 Å². The van der Waals surface area contributed by atoms with Gasteiger partial charge in [-0.05, 0) is 61.7 Å². The molecule has 2 aromatic carbocycles. The number of carbonyl (C=O) groups excluding carboxylic acids is 1. The number of aryl methyl sites for hydroxylation is 1. The zero-order valence-electron chi connectivity index (χ0n) is 16.3. The third-order valence-electron chi connectivity index (χ3n) is 5.30. The van der Waals surface area contributed by atoms with Crippen LogP contribution in [0.15, 0.2) is 65.1 Å². The van der Waals surface area contributed by atoms with Crippen molar-refractivity contribution >= 4 is 33.3 Å². The molecule has 1 aliphatic heterocycles. The van der Waals surface area contributed by atoms with Gasteiger partial charge in [-0.2, -0.15) is 0 Å². The van der Waals surface area contributed by atoms with Crippen LogP contribution in [0.3, 0.4) is 0 Å². The number of halogens is 1. The summed E-state index contributed by atoms with van der Waals surface area (Å²) in [5.41, 5.74) is 3.96. The minimum absolute atomic E-state index is 0.0570. The van der Waals surface area contributed by atoms with Gasteiger partial charge in [0.1, 0.15) is 0 Å². The Labute approximate surface area is 179 Å². The number of benzene rings is 2. The van der Waals surface area contributed by atoms with Gasteiger partial charge in [0.2, 0.25) is 5.91 Å². The summed E-state index contributed by atoms with van der Waals surface area (Å²) in [6.45, 7) is 3.62. The van der Waals surface area contributed by atoms with Gasteiger partial charge in [-0.15, -0.1) is 10.2 Å². The van der Waals surface area contributed by atoms with E-state index in [1.54, 1.807) is 0 Å². The Hall–Kier alpha value is -2.73. The van der Waals surface area contributed by atoms with Crippen LogP contribution in [0.5, 0.6) is 0 Å². The molecule has 1 amide bonds. The fourth-order valence-electron chi connectivity index (χ4n) is 3.67. The lowest BCUT2D eigenvalue weighted by atomic mass is 9.97. The van der Waals surface area contributed by atoms with Crippen molar-refractivity contribution in [3.63, 3.8) is 0 Å². The van der Waals surface area contributed by atoms with Crippen LogP contribution in [0.2, 0.25) is 0 Å². The normalized spacial score (nSPS) is 16.5. The molecule has 5 nitrogen and oxygen atoms in total. The van der Waals surface area contributed by atoms with E-state index in [0.717, 1.165) is 46.6 Å². The number of amides is 1. The number of anilines is 2. The van der Waals surface area contributed by atoms with Crippen LogP contribution in [0, 0.1) is 12.8 Å². The fourth-order valence-corrected chi connectivity index (χ4v) is 3.94. The van der Waals surface area contributed by atoms with Crippen LogP contribution in [-0.4, -0.2) is 29.2 Å². The van der Waals surface area contributed by atoms with Crippen molar-refractivity contribution in [2.75, 3.05) is 23.3 Å². The SMILES string of the molecule is Cc1ccccc1-c1ccc(N2CCC[C@@H](C(=O)Nc3ccc(Br)cc3)C2)nn1. The number of nitrogens with zero attached hydrogens (tertiary/aromatic N) is 3. The van der Waals surface area contributed by atoms with E-state index in [9.17, 15) is 4.79 Å². The van der Waals surface area contributed by atoms with Crippen molar-refractivity contribution in [1.29, 1.82) is 0 Å². The number of carbonyl (C=O) groups is 1. The number of hydrogen-bond donors (Lipinski definition) is 1. The molecule has 1 N–H and O–H groups in total. The Morgan fingerprint density at radius 2 is 1.86 bits per heavy atom. The van der Waals surface area contributed by atoms with Gasteiger partial charge in [0.25, 0.3) is 0 Å². The molecule has 148 valence electrons. The summed E-state index contributed by atoms with van der Waals surface area (Å²) in [4.78, 5) is 14.9. The lowest BCUT2D eigenvalue weighted by Crippen LogP contribution is -2.41. The summed E-state index contributed by atoms with van der Waals surface area (Å²) in [7, 11) is 0. The standard InChI is InChI=1S/C23H23BrN4O/c1-16-5-2-3-7-20(16)21-12-13-22(27-26-21)28-14-4-6-17(15-28)23(29)25-19-10-8-18(24)9-11-19/h2-3,5,7-13,17H,4,6,14-15H2,1H3,(H,25,29)/t17-/m1/s1. The highest BCUT2D eigenvalue weighted by atomic mass is 79.9. The molecule has 1 saturated heterocycles. The maximum atomic E-state index is 12.7. The maximum Gasteiger partial charge on any atom is 0.229 e. The molecule has 6 heteroatoms. The predicted molar refractivity (Wildman–Crippen MR) is 120 cm³/mol. The molecule has 1 atom stereocenters. The lowest BCUT2D eigenvalue weighted by Gasteiger charge is -2.32. The highest BCUT2D eigenvalue weighted by Gasteiger charge is 2.27. The zero-order valence-corrected chi connectivity index (χ0v) is 17.9. The van der Waals surface area contributed by atoms with E-state index in [4.69, 9.17) is 0 Å². The van der Waals surface area contributed by atoms with Crippen LogP contribution in [0.25, 0.3) is 11.3 Å². The van der Waals surface area contributed by atoms with E-state index in [2.05, 4.69) is 55.4 Å². The van der Waals surface area contributed by atoms with E-state index in [1.807, 2.05) is 48.5 Å². The Bertz CT molecular complexity index is 989. The van der Waals surface area contributed by atoms with E-state index in [1.165, 1.54) is 5.56 Å². The van der Waals surface area contributed by atoms with Crippen molar-refractivity contribution in [2.24, 2.45) is 5.92 Å². The minimum Gasteiger partial charge on any atom is -0.354 e. The van der Waals surface area contributed by atoms with Gasteiger partial charge in [-0.1, -0.05) is 40.2 Å². The lowest BCUT2D eigenvalue weighted by molar-refractivity contribution is -0.120. The molecular weight excluding hydrogens is 428 g/mol. The summed E-state index contributed by atoms with van der Waals surface area (Å²) >= 11 is 3.41. The highest BCUT2D eigenvalue weighted by Crippen LogP contribution is 2.25. The van der Waals surface area contributed by atoms with Gasteiger partial charge in [0.05, 0.1) is 11.6 Å². The molecule has 1 aliphatic rings. The van der Waals surface area contributed by atoms with E-state index in [-0.39, 0.29) is 11.8 Å². The largest absolute Gasteiger partial charge is 0.354 e. The van der Waals surface area contributed by atoms with Crippen LogP contribution in [-0.2, 0) is 4.79 Å². The molecule has 1 aromatic heterocycles. The number of hydrogen-bond acceptors (Lipinski definition) is 4. The van der Waals surface area contributed by atoms with Gasteiger partial charge in [-0.25, -0.2) is 0 Å². The first-order valence-electron chi connectivity index (χ1n) is 9.81. The van der Waals surface area contributed by atoms with Gasteiger partial charge in [0, 0.05) is 28.8 Å². The number of rotatable bonds is 4. The summed E-state index contributed by atoms with van der Waals surface area (Å²) in [6.07, 6.45) is 1.84. The van der Waals surface area contributed by atoms with Gasteiger partial charge in [-0.3, -0.25) is 4.79 Å². The molecule has 1 fully saturated rings. The van der Waals surface area contributed by atoms with E-state index in [0.29, 0.717) is 6.54 Å². The molecule has 0 unspecified atom stereocenters. The summed E-state index contributed by atoms with van der Waals surface area (Å²) < 4.78 is 0.993. The van der Waals surface area contributed by atoms with Crippen LogP contribution in [0.1, 0.15) is 18.4 Å². The Kier molecular flexibility index (Phi) is 5.90. The minimum atomic E-state index is -0.0646. The molecule has 3 aromatic rings. The number of nitrogens with one attached hydrogen (secondary N) is 1. The average Bonchev–Trinajstić information content (AvgIpc) is 2.76. The third kappa shape index (κ3) is 4.65. The van der Waals surface area contributed by atoms with E-state index >= 15 is 0 Å². The summed E-state index contributed by atoms with van der Waals surface area (Å²) in [5, 5.41) is 11.9. The number of aromatic nitrogens is 2. The monoisotopic (exact) mass is 450 g/mol. The summed E-state index contributed by atoms with van der Waals surface area (Å²) in [6, 6.07) is 19.8. The number of piperidine rings is 1. The van der Waals surface area contributed by atoms with Crippen molar-refractivity contribution in [1.82, 2.24) is 10.2 Å². The molecular formula is C23H23BrN4O. The second kappa shape index (κ2) is 8.74. The van der Waals surface area contributed by atoms with Crippen LogP contribution in [0.4, 0.5) is 11.5 Å². The predicted octanol–water partition coefficient (Wildman–Crippen LogP) is 5.07. The van der Waals surface area contributed by atoms with Crippen LogP contribution < -0.4 is 10.2 Å². The first kappa shape index (κ1) is 19.6. The molecule has 0 spiro atoms. The van der Waals surface area contributed by atoms with Gasteiger partial charge in [0.15, 0.2) is 5.82 Å². The van der Waals surface area contributed by atoms with Crippen molar-refractivity contribution < 1.29 is 4.79 Å². The zero-order chi connectivity index (χ0) is 20.2. The molecule has 0 radical (unpaired) electrons. The average molecular weight is 451 g/mol. The van der Waals surface area contributed by atoms with Crippen LogP contribution >= 0.6 is 15.9 Å². The highest BCUT2D eigenvalue weighted by molar-refractivity contribution is 9.10. The van der Waals surface area contributed by atoms with Gasteiger partial charge >= 0.3 is 0 Å². The maximum absolute atomic E-state index is 12.7. The first-order valence-corrected chi connectivity index (χ1v) is 10.6. The molecule has 0 aliphatic carbocycles. The van der Waals surface area contributed by atoms with E-state index < -0.39 is 0 Å². The molecule has 0 saturated carbocycles. The topological polar surface area (TPSA) is 58.1 Å². The third-order valence-corrected chi connectivity index (χ3v) is 5.83. The first-order chi connectivity index (χ1) is 14.1. The molecule has 4 rings (SSSR count). The molecule has 0 bridgehead atoms. The molecule has 2 heterocycles. The second-order valence-electron chi connectivity index (χ2n) is 7.37. The van der Waals surface area contributed by atoms with Crippen molar-refractivity contribution in [2.45, 2.75) is 19.8 Å². The summed E-state index contributed by atoms with van der Waals surface area (Å²) in [5.74, 6) is 0.815. The van der Waals surface area contributed by atoms with Crippen molar-refractivity contribution in [3.05, 3.63) is 70.7 Å². The Morgan fingerprint density at radius 3 is 2.59 bits per heavy atom. The Morgan fingerprint density at radius 1 is 1.07 bits per heavy atom.